The summed E-state index contributed by atoms with van der Waals surface area (Å²) in [6.45, 7) is 1.74. The largest absolute Gasteiger partial charge is 0.393 e. The summed E-state index contributed by atoms with van der Waals surface area (Å²) in [5.41, 5.74) is 5.17. The Labute approximate surface area is 139 Å². The third-order valence-electron chi connectivity index (χ3n) is 3.26. The summed E-state index contributed by atoms with van der Waals surface area (Å²) in [4.78, 5) is 22.3. The first-order valence-electron chi connectivity index (χ1n) is 6.59. The van der Waals surface area contributed by atoms with Gasteiger partial charge >= 0.3 is 0 Å². The molecule has 6 nitrogen and oxygen atoms in total. The van der Waals surface area contributed by atoms with Crippen LogP contribution in [0.5, 0.6) is 0 Å². The van der Waals surface area contributed by atoms with Gasteiger partial charge in [-0.05, 0) is 30.7 Å². The standard InChI is InChI=1S/C15H13BrFN3O3/c1-8(9-3-2-4-10(16)5-9)19-15(21)12-6-11(17)7-13(14(12)18)20(22)23/h2-8H,18H2,1H3,(H,19,21). The Hall–Kier alpha value is -2.48. The highest BCUT2D eigenvalue weighted by molar-refractivity contribution is 9.10. The van der Waals surface area contributed by atoms with Gasteiger partial charge in [0.25, 0.3) is 11.6 Å². The number of benzene rings is 2. The predicted molar refractivity (Wildman–Crippen MR) is 87.5 cm³/mol. The zero-order valence-electron chi connectivity index (χ0n) is 12.0. The van der Waals surface area contributed by atoms with E-state index in [4.69, 9.17) is 5.73 Å². The van der Waals surface area contributed by atoms with Crippen LogP contribution in [0.15, 0.2) is 40.9 Å². The molecule has 0 saturated heterocycles. The number of hydrogen-bond donors (Lipinski definition) is 2. The van der Waals surface area contributed by atoms with E-state index in [0.29, 0.717) is 6.07 Å². The molecule has 23 heavy (non-hydrogen) atoms. The molecule has 2 rings (SSSR count). The van der Waals surface area contributed by atoms with Crippen molar-refractivity contribution in [1.29, 1.82) is 0 Å². The van der Waals surface area contributed by atoms with Gasteiger partial charge in [-0.2, -0.15) is 0 Å². The smallest absolute Gasteiger partial charge is 0.295 e. The molecule has 1 unspecified atom stereocenters. The summed E-state index contributed by atoms with van der Waals surface area (Å²) in [5.74, 6) is -1.58. The number of carbonyl (C=O) groups is 1. The fraction of sp³-hybridized carbons (Fsp3) is 0.133. The van der Waals surface area contributed by atoms with Gasteiger partial charge in [0.1, 0.15) is 11.5 Å². The number of amides is 1. The molecule has 1 amide bonds. The average Bonchev–Trinajstić information content (AvgIpc) is 2.48. The maximum absolute atomic E-state index is 13.5. The van der Waals surface area contributed by atoms with Crippen molar-refractivity contribution in [2.24, 2.45) is 0 Å². The fourth-order valence-corrected chi connectivity index (χ4v) is 2.49. The minimum absolute atomic E-state index is 0.265. The van der Waals surface area contributed by atoms with Gasteiger partial charge in [0.15, 0.2) is 0 Å². The zero-order chi connectivity index (χ0) is 17.1. The number of carbonyl (C=O) groups excluding carboxylic acids is 1. The minimum atomic E-state index is -0.897. The van der Waals surface area contributed by atoms with Crippen molar-refractivity contribution < 1.29 is 14.1 Å². The number of nitro benzene ring substituents is 1. The molecule has 0 aromatic heterocycles. The van der Waals surface area contributed by atoms with Crippen molar-refractivity contribution >= 4 is 33.2 Å². The number of nitro groups is 1. The SMILES string of the molecule is CC(NC(=O)c1cc(F)cc([N+](=O)[O-])c1N)c1cccc(Br)c1. The number of nitrogens with one attached hydrogen (secondary N) is 1. The van der Waals surface area contributed by atoms with Crippen molar-refractivity contribution in [3.05, 3.63) is 67.9 Å². The number of nitrogens with two attached hydrogens (primary N) is 1. The maximum atomic E-state index is 13.5. The first-order valence-corrected chi connectivity index (χ1v) is 7.38. The van der Waals surface area contributed by atoms with Crippen LogP contribution in [0.4, 0.5) is 15.8 Å². The quantitative estimate of drug-likeness (QED) is 0.480. The van der Waals surface area contributed by atoms with Crippen LogP contribution >= 0.6 is 15.9 Å². The second kappa shape index (κ2) is 6.74. The van der Waals surface area contributed by atoms with E-state index in [-0.39, 0.29) is 17.3 Å². The number of nitrogens with zero attached hydrogens (tertiary/aromatic N) is 1. The summed E-state index contributed by atoms with van der Waals surface area (Å²) in [7, 11) is 0. The lowest BCUT2D eigenvalue weighted by atomic mass is 10.1. The van der Waals surface area contributed by atoms with Crippen molar-refractivity contribution in [2.75, 3.05) is 5.73 Å². The monoisotopic (exact) mass is 381 g/mol. The van der Waals surface area contributed by atoms with Crippen LogP contribution in [0.2, 0.25) is 0 Å². The van der Waals surface area contributed by atoms with Crippen molar-refractivity contribution in [1.82, 2.24) is 5.32 Å². The topological polar surface area (TPSA) is 98.3 Å². The Morgan fingerprint density at radius 1 is 1.39 bits per heavy atom. The third kappa shape index (κ3) is 3.84. The van der Waals surface area contributed by atoms with Gasteiger partial charge in [-0.3, -0.25) is 14.9 Å². The summed E-state index contributed by atoms with van der Waals surface area (Å²) >= 11 is 3.33. The lowest BCUT2D eigenvalue weighted by molar-refractivity contribution is -0.384. The molecule has 0 bridgehead atoms. The lowest BCUT2D eigenvalue weighted by Gasteiger charge is -2.15. The van der Waals surface area contributed by atoms with Crippen LogP contribution in [-0.2, 0) is 0 Å². The van der Waals surface area contributed by atoms with E-state index in [2.05, 4.69) is 21.2 Å². The van der Waals surface area contributed by atoms with Gasteiger partial charge in [-0.25, -0.2) is 4.39 Å². The highest BCUT2D eigenvalue weighted by Crippen LogP contribution is 2.27. The van der Waals surface area contributed by atoms with E-state index in [1.165, 1.54) is 0 Å². The first kappa shape index (κ1) is 16.9. The molecule has 3 N–H and O–H groups in total. The number of nitrogen functional groups attached to an aromatic ring is 1. The molecular weight excluding hydrogens is 369 g/mol. The summed E-state index contributed by atoms with van der Waals surface area (Å²) in [6.07, 6.45) is 0. The number of halogens is 2. The van der Waals surface area contributed by atoms with Gasteiger partial charge < -0.3 is 11.1 Å². The van der Waals surface area contributed by atoms with Crippen molar-refractivity contribution in [2.45, 2.75) is 13.0 Å². The van der Waals surface area contributed by atoms with Crippen LogP contribution in [0, 0.1) is 15.9 Å². The second-order valence-electron chi connectivity index (χ2n) is 4.89. The van der Waals surface area contributed by atoms with E-state index in [1.54, 1.807) is 6.92 Å². The van der Waals surface area contributed by atoms with Crippen LogP contribution in [-0.4, -0.2) is 10.8 Å². The highest BCUT2D eigenvalue weighted by atomic mass is 79.9. The Morgan fingerprint density at radius 3 is 2.70 bits per heavy atom. The summed E-state index contributed by atoms with van der Waals surface area (Å²) in [5, 5.41) is 13.5. The summed E-state index contributed by atoms with van der Waals surface area (Å²) in [6, 6.07) is 8.46. The summed E-state index contributed by atoms with van der Waals surface area (Å²) < 4.78 is 14.3. The van der Waals surface area contributed by atoms with Crippen LogP contribution in [0.25, 0.3) is 0 Å². The lowest BCUT2D eigenvalue weighted by Crippen LogP contribution is -2.27. The normalized spacial score (nSPS) is 11.8. The van der Waals surface area contributed by atoms with Gasteiger partial charge in [-0.15, -0.1) is 0 Å². The highest BCUT2D eigenvalue weighted by Gasteiger charge is 2.22. The van der Waals surface area contributed by atoms with Crippen LogP contribution < -0.4 is 11.1 Å². The van der Waals surface area contributed by atoms with Crippen molar-refractivity contribution in [3.63, 3.8) is 0 Å². The number of rotatable bonds is 4. The van der Waals surface area contributed by atoms with E-state index < -0.39 is 22.3 Å². The average molecular weight is 382 g/mol. The number of anilines is 1. The Morgan fingerprint density at radius 2 is 2.09 bits per heavy atom. The second-order valence-corrected chi connectivity index (χ2v) is 5.81. The van der Waals surface area contributed by atoms with Gasteiger partial charge in [0, 0.05) is 4.47 Å². The molecule has 8 heteroatoms. The Bertz CT molecular complexity index is 783. The zero-order valence-corrected chi connectivity index (χ0v) is 13.6. The van der Waals surface area contributed by atoms with E-state index >= 15 is 0 Å². The van der Waals surface area contributed by atoms with Crippen LogP contribution in [0.3, 0.4) is 0 Å². The molecule has 0 fully saturated rings. The molecule has 0 heterocycles. The molecule has 0 radical (unpaired) electrons. The van der Waals surface area contributed by atoms with Gasteiger partial charge in [0.2, 0.25) is 0 Å². The molecule has 1 atom stereocenters. The Balaban J connectivity index is 2.29. The van der Waals surface area contributed by atoms with E-state index in [0.717, 1.165) is 16.1 Å². The predicted octanol–water partition coefficient (Wildman–Crippen LogP) is 3.57. The van der Waals surface area contributed by atoms with Crippen LogP contribution in [0.1, 0.15) is 28.9 Å². The molecule has 0 spiro atoms. The molecule has 0 saturated carbocycles. The van der Waals surface area contributed by atoms with Crippen molar-refractivity contribution in [3.8, 4) is 0 Å². The molecule has 120 valence electrons. The fourth-order valence-electron chi connectivity index (χ4n) is 2.08. The molecule has 2 aromatic carbocycles. The maximum Gasteiger partial charge on any atom is 0.295 e. The Kier molecular flexibility index (Phi) is 4.95. The molecule has 2 aromatic rings. The minimum Gasteiger partial charge on any atom is -0.393 e. The van der Waals surface area contributed by atoms with Gasteiger partial charge in [-0.1, -0.05) is 28.1 Å². The molecule has 0 aliphatic carbocycles. The molecule has 0 aliphatic rings. The molecular formula is C15H13BrFN3O3. The van der Waals surface area contributed by atoms with E-state index in [1.807, 2.05) is 24.3 Å². The number of hydrogen-bond acceptors (Lipinski definition) is 4. The van der Waals surface area contributed by atoms with E-state index in [9.17, 15) is 19.3 Å². The third-order valence-corrected chi connectivity index (χ3v) is 3.75. The molecule has 0 aliphatic heterocycles. The van der Waals surface area contributed by atoms with Gasteiger partial charge in [0.05, 0.1) is 22.6 Å². The first-order chi connectivity index (χ1) is 10.8.